The molecule has 0 bridgehead atoms. The van der Waals surface area contributed by atoms with E-state index in [-0.39, 0.29) is 4.82 Å². The Morgan fingerprint density at radius 1 is 1.75 bits per heavy atom. The lowest BCUT2D eigenvalue weighted by atomic mass is 10.3. The molecule has 4 heteroatoms. The van der Waals surface area contributed by atoms with Crippen LogP contribution in [-0.4, -0.2) is 23.3 Å². The van der Waals surface area contributed by atoms with Crippen LogP contribution in [0.25, 0.3) is 0 Å². The number of rotatable bonds is 3. The highest BCUT2D eigenvalue weighted by molar-refractivity contribution is 9.18. The quantitative estimate of drug-likeness (QED) is 0.595. The van der Waals surface area contributed by atoms with E-state index >= 15 is 0 Å². The molecule has 1 amide bonds. The molecule has 0 N–H and O–H groups in total. The molecule has 12 heavy (non-hydrogen) atoms. The Bertz CT molecular complexity index is 248. The molecule has 0 radical (unpaired) electrons. The second-order valence-corrected chi connectivity index (χ2v) is 4.21. The molecule has 1 aromatic heterocycles. The van der Waals surface area contributed by atoms with Crippen LogP contribution in [0.1, 0.15) is 4.88 Å². The Kier molecular flexibility index (Phi) is 3.75. The fourth-order valence-electron chi connectivity index (χ4n) is 0.821. The van der Waals surface area contributed by atoms with Gasteiger partial charge in [0.2, 0.25) is 0 Å². The van der Waals surface area contributed by atoms with Gasteiger partial charge in [0, 0.05) is 34.4 Å². The van der Waals surface area contributed by atoms with Crippen LogP contribution in [0, 0.1) is 0 Å². The van der Waals surface area contributed by atoms with Gasteiger partial charge in [0.1, 0.15) is 0 Å². The molecule has 0 spiro atoms. The minimum Gasteiger partial charge on any atom is -0.336 e. The number of carbonyl (C=O) groups excluding carboxylic acids is 1. The molecule has 0 saturated heterocycles. The first-order valence-corrected chi connectivity index (χ1v) is 5.30. The first kappa shape index (κ1) is 9.74. The summed E-state index contributed by atoms with van der Waals surface area (Å²) in [5.74, 6) is 0. The summed E-state index contributed by atoms with van der Waals surface area (Å²) in [6, 6.07) is 4.10. The van der Waals surface area contributed by atoms with Crippen LogP contribution in [0.4, 0.5) is 4.79 Å². The summed E-state index contributed by atoms with van der Waals surface area (Å²) in [6.45, 7) is 0.768. The Morgan fingerprint density at radius 2 is 2.50 bits per heavy atom. The lowest BCUT2D eigenvalue weighted by Crippen LogP contribution is -2.22. The van der Waals surface area contributed by atoms with Crippen molar-refractivity contribution in [3.05, 3.63) is 22.4 Å². The van der Waals surface area contributed by atoms with E-state index in [1.807, 2.05) is 11.4 Å². The second kappa shape index (κ2) is 4.62. The Balaban J connectivity index is 2.31. The summed E-state index contributed by atoms with van der Waals surface area (Å²) in [5.41, 5.74) is 0. The number of amides is 1. The summed E-state index contributed by atoms with van der Waals surface area (Å²) in [7, 11) is 1.78. The van der Waals surface area contributed by atoms with Crippen molar-refractivity contribution in [1.29, 1.82) is 0 Å². The average molecular weight is 248 g/mol. The number of halogens is 1. The third-order valence-corrected chi connectivity index (χ3v) is 3.12. The molecule has 66 valence electrons. The second-order valence-electron chi connectivity index (χ2n) is 2.50. The van der Waals surface area contributed by atoms with Gasteiger partial charge in [-0.1, -0.05) is 6.07 Å². The van der Waals surface area contributed by atoms with Crippen molar-refractivity contribution >= 4 is 32.1 Å². The minimum absolute atomic E-state index is 0.0564. The molecule has 0 saturated carbocycles. The maximum atomic E-state index is 10.7. The van der Waals surface area contributed by atoms with E-state index in [9.17, 15) is 4.79 Å². The van der Waals surface area contributed by atoms with Crippen LogP contribution < -0.4 is 0 Å². The summed E-state index contributed by atoms with van der Waals surface area (Å²) in [6.07, 6.45) is 0.936. The fraction of sp³-hybridized carbons (Fsp3) is 0.375. The van der Waals surface area contributed by atoms with Crippen molar-refractivity contribution in [2.45, 2.75) is 6.42 Å². The van der Waals surface area contributed by atoms with E-state index in [2.05, 4.69) is 22.0 Å². The van der Waals surface area contributed by atoms with E-state index in [1.165, 1.54) is 4.88 Å². The molecule has 0 aliphatic rings. The zero-order chi connectivity index (χ0) is 8.97. The van der Waals surface area contributed by atoms with Gasteiger partial charge in [-0.05, 0) is 17.9 Å². The predicted octanol–water partition coefficient (Wildman–Crippen LogP) is 2.74. The molecule has 2 nitrogen and oxygen atoms in total. The van der Waals surface area contributed by atoms with E-state index in [0.29, 0.717) is 0 Å². The van der Waals surface area contributed by atoms with Crippen LogP contribution >= 0.6 is 27.3 Å². The Labute approximate surface area is 84.3 Å². The van der Waals surface area contributed by atoms with Crippen molar-refractivity contribution < 1.29 is 4.79 Å². The van der Waals surface area contributed by atoms with Crippen molar-refractivity contribution in [3.63, 3.8) is 0 Å². The van der Waals surface area contributed by atoms with Crippen molar-refractivity contribution in [3.8, 4) is 0 Å². The summed E-state index contributed by atoms with van der Waals surface area (Å²) in [5, 5.41) is 2.05. The first-order chi connectivity index (χ1) is 5.70. The van der Waals surface area contributed by atoms with Crippen molar-refractivity contribution in [2.75, 3.05) is 13.6 Å². The van der Waals surface area contributed by atoms with Gasteiger partial charge in [-0.15, -0.1) is 11.3 Å². The SMILES string of the molecule is CN(CCc1cccs1)C(=O)Br. The standard InChI is InChI=1S/C8H10BrNOS/c1-10(8(9)11)5-4-7-3-2-6-12-7/h2-3,6H,4-5H2,1H3. The van der Waals surface area contributed by atoms with Gasteiger partial charge < -0.3 is 4.90 Å². The van der Waals surface area contributed by atoms with Gasteiger partial charge in [-0.25, -0.2) is 0 Å². The highest BCUT2D eigenvalue weighted by Crippen LogP contribution is 2.09. The molecular weight excluding hydrogens is 238 g/mol. The number of nitrogens with zero attached hydrogens (tertiary/aromatic N) is 1. The number of carbonyl (C=O) groups is 1. The highest BCUT2D eigenvalue weighted by Gasteiger charge is 2.03. The summed E-state index contributed by atoms with van der Waals surface area (Å²) >= 11 is 4.62. The molecule has 0 aliphatic heterocycles. The molecule has 1 heterocycles. The van der Waals surface area contributed by atoms with E-state index < -0.39 is 0 Å². The van der Waals surface area contributed by atoms with E-state index in [0.717, 1.165) is 13.0 Å². The third-order valence-electron chi connectivity index (χ3n) is 1.57. The molecule has 1 rings (SSSR count). The third kappa shape index (κ3) is 2.95. The topological polar surface area (TPSA) is 20.3 Å². The predicted molar refractivity (Wildman–Crippen MR) is 55.0 cm³/mol. The van der Waals surface area contributed by atoms with Crippen LogP contribution in [0.5, 0.6) is 0 Å². The molecule has 0 unspecified atom stereocenters. The molecule has 0 aliphatic carbocycles. The van der Waals surface area contributed by atoms with Crippen LogP contribution in [0.2, 0.25) is 0 Å². The monoisotopic (exact) mass is 247 g/mol. The van der Waals surface area contributed by atoms with Crippen molar-refractivity contribution in [2.24, 2.45) is 0 Å². The summed E-state index contributed by atoms with van der Waals surface area (Å²) < 4.78 is 0. The lowest BCUT2D eigenvalue weighted by molar-refractivity contribution is 0.235. The number of likely N-dealkylation sites (N-methyl/N-ethyl adjacent to an activating group) is 1. The largest absolute Gasteiger partial charge is 0.336 e. The summed E-state index contributed by atoms with van der Waals surface area (Å²) in [4.78, 5) is 13.7. The maximum absolute atomic E-state index is 10.7. The van der Waals surface area contributed by atoms with E-state index in [4.69, 9.17) is 0 Å². The Morgan fingerprint density at radius 3 is 3.00 bits per heavy atom. The fourth-order valence-corrected chi connectivity index (χ4v) is 1.70. The zero-order valence-electron chi connectivity index (χ0n) is 6.79. The molecule has 0 atom stereocenters. The van der Waals surface area contributed by atoms with Crippen LogP contribution in [0.3, 0.4) is 0 Å². The number of hydrogen-bond donors (Lipinski definition) is 0. The van der Waals surface area contributed by atoms with Crippen molar-refractivity contribution in [1.82, 2.24) is 4.90 Å². The molecular formula is C8H10BrNOS. The smallest absolute Gasteiger partial charge is 0.289 e. The van der Waals surface area contributed by atoms with E-state index in [1.54, 1.807) is 23.3 Å². The zero-order valence-corrected chi connectivity index (χ0v) is 9.19. The minimum atomic E-state index is -0.0564. The normalized spacial score (nSPS) is 9.83. The Hall–Kier alpha value is -0.350. The maximum Gasteiger partial charge on any atom is 0.289 e. The molecule has 1 aromatic rings. The number of hydrogen-bond acceptors (Lipinski definition) is 2. The van der Waals surface area contributed by atoms with Gasteiger partial charge in [-0.3, -0.25) is 4.79 Å². The van der Waals surface area contributed by atoms with Crippen LogP contribution in [0.15, 0.2) is 17.5 Å². The average Bonchev–Trinajstić information content (AvgIpc) is 2.51. The first-order valence-electron chi connectivity index (χ1n) is 3.63. The van der Waals surface area contributed by atoms with Gasteiger partial charge in [0.05, 0.1) is 0 Å². The molecule has 0 fully saturated rings. The molecule has 0 aromatic carbocycles. The van der Waals surface area contributed by atoms with Gasteiger partial charge in [-0.2, -0.15) is 0 Å². The lowest BCUT2D eigenvalue weighted by Gasteiger charge is -2.11. The van der Waals surface area contributed by atoms with Gasteiger partial charge >= 0.3 is 0 Å². The van der Waals surface area contributed by atoms with Gasteiger partial charge in [0.25, 0.3) is 4.82 Å². The van der Waals surface area contributed by atoms with Crippen LogP contribution in [-0.2, 0) is 6.42 Å². The number of thiophene rings is 1. The highest BCUT2D eigenvalue weighted by atomic mass is 79.9. The van der Waals surface area contributed by atoms with Gasteiger partial charge in [0.15, 0.2) is 0 Å².